The van der Waals surface area contributed by atoms with Crippen molar-refractivity contribution < 1.29 is 14.5 Å². The van der Waals surface area contributed by atoms with Gasteiger partial charge in [-0.15, -0.1) is 0 Å². The zero-order valence-corrected chi connectivity index (χ0v) is 13.9. The number of amides is 2. The molecule has 0 aliphatic carbocycles. The topological polar surface area (TPSA) is 114 Å². The number of nitro groups is 1. The van der Waals surface area contributed by atoms with Gasteiger partial charge >= 0.3 is 11.8 Å². The van der Waals surface area contributed by atoms with Crippen LogP contribution < -0.4 is 10.7 Å². The van der Waals surface area contributed by atoms with E-state index in [2.05, 4.69) is 10.4 Å². The fourth-order valence-corrected chi connectivity index (χ4v) is 2.03. The quantitative estimate of drug-likeness (QED) is 0.367. The van der Waals surface area contributed by atoms with Gasteiger partial charge in [0.1, 0.15) is 0 Å². The SMILES string of the molecule is O=C(N/N=C/c1ccccc1[N+](=O)[O-])C(=O)Nc1ccc(Cl)c(Cl)c1. The van der Waals surface area contributed by atoms with E-state index in [1.54, 1.807) is 6.07 Å². The van der Waals surface area contributed by atoms with Crippen LogP contribution in [0.5, 0.6) is 0 Å². The molecule has 0 saturated carbocycles. The van der Waals surface area contributed by atoms with Gasteiger partial charge in [0.25, 0.3) is 5.69 Å². The van der Waals surface area contributed by atoms with Crippen LogP contribution in [0.2, 0.25) is 10.0 Å². The lowest BCUT2D eigenvalue weighted by molar-refractivity contribution is -0.385. The van der Waals surface area contributed by atoms with Crippen LogP contribution in [-0.2, 0) is 9.59 Å². The largest absolute Gasteiger partial charge is 0.329 e. The molecule has 0 unspecified atom stereocenters. The van der Waals surface area contributed by atoms with Crippen LogP contribution in [0.3, 0.4) is 0 Å². The number of carbonyl (C=O) groups is 2. The number of nitrogens with one attached hydrogen (secondary N) is 2. The smallest absolute Gasteiger partial charge is 0.318 e. The molecule has 0 aliphatic heterocycles. The lowest BCUT2D eigenvalue weighted by atomic mass is 10.2. The number of carbonyl (C=O) groups excluding carboxylic acids is 2. The predicted molar refractivity (Wildman–Crippen MR) is 93.9 cm³/mol. The summed E-state index contributed by atoms with van der Waals surface area (Å²) < 4.78 is 0. The number of hydrogen-bond donors (Lipinski definition) is 2. The van der Waals surface area contributed by atoms with E-state index in [4.69, 9.17) is 23.2 Å². The number of hydrazone groups is 1. The molecule has 0 saturated heterocycles. The van der Waals surface area contributed by atoms with E-state index in [0.717, 1.165) is 6.21 Å². The van der Waals surface area contributed by atoms with Gasteiger partial charge < -0.3 is 5.32 Å². The van der Waals surface area contributed by atoms with Gasteiger partial charge in [-0.05, 0) is 24.3 Å². The van der Waals surface area contributed by atoms with E-state index in [1.165, 1.54) is 36.4 Å². The highest BCUT2D eigenvalue weighted by Crippen LogP contribution is 2.24. The Morgan fingerprint density at radius 2 is 1.80 bits per heavy atom. The molecule has 0 bridgehead atoms. The zero-order chi connectivity index (χ0) is 18.4. The fraction of sp³-hybridized carbons (Fsp3) is 0. The van der Waals surface area contributed by atoms with E-state index >= 15 is 0 Å². The Labute approximate surface area is 151 Å². The minimum atomic E-state index is -1.05. The number of benzene rings is 2. The van der Waals surface area contributed by atoms with Crippen molar-refractivity contribution in [3.8, 4) is 0 Å². The van der Waals surface area contributed by atoms with Gasteiger partial charge in [0.05, 0.1) is 26.7 Å². The Kier molecular flexibility index (Phi) is 6.04. The molecule has 2 rings (SSSR count). The monoisotopic (exact) mass is 380 g/mol. The summed E-state index contributed by atoms with van der Waals surface area (Å²) in [5.41, 5.74) is 2.25. The minimum absolute atomic E-state index is 0.178. The molecule has 0 heterocycles. The Bertz CT molecular complexity index is 870. The van der Waals surface area contributed by atoms with E-state index in [-0.39, 0.29) is 22.0 Å². The second-order valence-electron chi connectivity index (χ2n) is 4.60. The summed E-state index contributed by atoms with van der Waals surface area (Å²) in [6.07, 6.45) is 1.07. The van der Waals surface area contributed by atoms with Crippen LogP contribution in [-0.4, -0.2) is 23.0 Å². The van der Waals surface area contributed by atoms with Gasteiger partial charge in [0, 0.05) is 11.8 Å². The number of rotatable bonds is 4. The van der Waals surface area contributed by atoms with Gasteiger partial charge in [-0.3, -0.25) is 19.7 Å². The maximum atomic E-state index is 11.7. The van der Waals surface area contributed by atoms with Crippen LogP contribution in [0.1, 0.15) is 5.56 Å². The third kappa shape index (κ3) is 5.00. The molecule has 10 heteroatoms. The highest BCUT2D eigenvalue weighted by atomic mass is 35.5. The number of hydrogen-bond acceptors (Lipinski definition) is 5. The van der Waals surface area contributed by atoms with Crippen LogP contribution in [0, 0.1) is 10.1 Å². The second-order valence-corrected chi connectivity index (χ2v) is 5.41. The van der Waals surface area contributed by atoms with Crippen molar-refractivity contribution in [3.63, 3.8) is 0 Å². The molecule has 8 nitrogen and oxygen atoms in total. The molecule has 2 aromatic carbocycles. The summed E-state index contributed by atoms with van der Waals surface area (Å²) in [4.78, 5) is 33.7. The molecule has 0 aliphatic rings. The third-order valence-corrected chi connectivity index (χ3v) is 3.63. The third-order valence-electron chi connectivity index (χ3n) is 2.89. The molecular weight excluding hydrogens is 371 g/mol. The summed E-state index contributed by atoms with van der Waals surface area (Å²) in [7, 11) is 0. The van der Waals surface area contributed by atoms with Crippen LogP contribution in [0.25, 0.3) is 0 Å². The number of anilines is 1. The average Bonchev–Trinajstić information content (AvgIpc) is 2.58. The summed E-state index contributed by atoms with van der Waals surface area (Å²) in [6.45, 7) is 0. The zero-order valence-electron chi connectivity index (χ0n) is 12.4. The van der Waals surface area contributed by atoms with Crippen molar-refractivity contribution >= 4 is 52.6 Å². The number of para-hydroxylation sites is 1. The Balaban J connectivity index is 1.99. The average molecular weight is 381 g/mol. The van der Waals surface area contributed by atoms with Gasteiger partial charge in [-0.2, -0.15) is 5.10 Å². The first-order chi connectivity index (χ1) is 11.9. The number of halogens is 2. The first kappa shape index (κ1) is 18.4. The molecule has 0 atom stereocenters. The maximum Gasteiger partial charge on any atom is 0.329 e. The first-order valence-electron chi connectivity index (χ1n) is 6.71. The first-order valence-corrected chi connectivity index (χ1v) is 7.47. The van der Waals surface area contributed by atoms with E-state index in [0.29, 0.717) is 5.02 Å². The molecule has 0 aromatic heterocycles. The predicted octanol–water partition coefficient (Wildman–Crippen LogP) is 2.99. The van der Waals surface area contributed by atoms with Crippen molar-refractivity contribution in [3.05, 3.63) is 68.2 Å². The van der Waals surface area contributed by atoms with Crippen LogP contribution in [0.15, 0.2) is 47.6 Å². The van der Waals surface area contributed by atoms with Gasteiger partial charge in [0.15, 0.2) is 0 Å². The lowest BCUT2D eigenvalue weighted by Gasteiger charge is -2.05. The number of nitrogens with zero attached hydrogens (tertiary/aromatic N) is 2. The van der Waals surface area contributed by atoms with E-state index < -0.39 is 16.7 Å². The number of nitro benzene ring substituents is 1. The fourth-order valence-electron chi connectivity index (χ4n) is 1.74. The lowest BCUT2D eigenvalue weighted by Crippen LogP contribution is -2.32. The van der Waals surface area contributed by atoms with E-state index in [9.17, 15) is 19.7 Å². The Morgan fingerprint density at radius 3 is 2.48 bits per heavy atom. The molecule has 2 aromatic rings. The summed E-state index contributed by atoms with van der Waals surface area (Å²) in [5, 5.41) is 17.2. The van der Waals surface area contributed by atoms with Crippen molar-refractivity contribution in [2.75, 3.05) is 5.32 Å². The molecule has 0 radical (unpaired) electrons. The van der Waals surface area contributed by atoms with Gasteiger partial charge in [-0.25, -0.2) is 5.43 Å². The molecule has 2 amide bonds. The van der Waals surface area contributed by atoms with Gasteiger partial charge in [0.2, 0.25) is 0 Å². The molecule has 25 heavy (non-hydrogen) atoms. The molecule has 128 valence electrons. The van der Waals surface area contributed by atoms with E-state index in [1.807, 2.05) is 5.43 Å². The summed E-state index contributed by atoms with van der Waals surface area (Å²) in [5.74, 6) is -2.04. The van der Waals surface area contributed by atoms with Crippen molar-refractivity contribution in [2.24, 2.45) is 5.10 Å². The van der Waals surface area contributed by atoms with Gasteiger partial charge in [-0.1, -0.05) is 35.3 Å². The molecule has 0 spiro atoms. The van der Waals surface area contributed by atoms with Crippen molar-refractivity contribution in [2.45, 2.75) is 0 Å². The standard InChI is InChI=1S/C15H10Cl2N4O4/c16-11-6-5-10(7-12(11)17)19-14(22)15(23)20-18-8-9-3-1-2-4-13(9)21(24)25/h1-8H,(H,19,22)(H,20,23)/b18-8+. The summed E-state index contributed by atoms with van der Waals surface area (Å²) in [6, 6.07) is 10.1. The van der Waals surface area contributed by atoms with Crippen LogP contribution in [0.4, 0.5) is 11.4 Å². The Hall–Kier alpha value is -2.97. The highest BCUT2D eigenvalue weighted by molar-refractivity contribution is 6.42. The normalized spacial score (nSPS) is 10.5. The highest BCUT2D eigenvalue weighted by Gasteiger charge is 2.14. The second kappa shape index (κ2) is 8.22. The molecule has 0 fully saturated rings. The van der Waals surface area contributed by atoms with Crippen molar-refractivity contribution in [1.82, 2.24) is 5.43 Å². The molecule has 2 N–H and O–H groups in total. The Morgan fingerprint density at radius 1 is 1.08 bits per heavy atom. The molecular formula is C15H10Cl2N4O4. The maximum absolute atomic E-state index is 11.7. The van der Waals surface area contributed by atoms with Crippen LogP contribution >= 0.6 is 23.2 Å². The summed E-state index contributed by atoms with van der Waals surface area (Å²) >= 11 is 11.6. The van der Waals surface area contributed by atoms with Crippen molar-refractivity contribution in [1.29, 1.82) is 0 Å². The minimum Gasteiger partial charge on any atom is -0.318 e.